The molecule has 0 radical (unpaired) electrons. The normalized spacial score (nSPS) is 10.6. The Hall–Kier alpha value is -2.60. The molecule has 2 rings (SSSR count). The molecule has 5 nitrogen and oxygen atoms in total. The molecule has 0 aromatic heterocycles. The van der Waals surface area contributed by atoms with Gasteiger partial charge in [-0.15, -0.1) is 0 Å². The van der Waals surface area contributed by atoms with Crippen molar-refractivity contribution in [2.75, 3.05) is 12.3 Å². The Balaban J connectivity index is 1.72. The summed E-state index contributed by atoms with van der Waals surface area (Å²) in [5, 5.41) is 5.87. The van der Waals surface area contributed by atoms with E-state index in [1.165, 1.54) is 6.92 Å². The van der Waals surface area contributed by atoms with Gasteiger partial charge < -0.3 is 10.6 Å². The maximum Gasteiger partial charge on any atom is 0.230 e. The second kappa shape index (κ2) is 12.8. The molecule has 0 fully saturated rings. The average molecular weight is 413 g/mol. The van der Waals surface area contributed by atoms with Crippen LogP contribution in [-0.4, -0.2) is 29.2 Å². The summed E-state index contributed by atoms with van der Waals surface area (Å²) in [7, 11) is 0. The third-order valence-electron chi connectivity index (χ3n) is 4.38. The molecule has 0 atom stereocenters. The number of thioether (sulfide) groups is 1. The molecule has 0 unspecified atom stereocenters. The molecule has 0 aliphatic rings. The molecule has 0 aliphatic carbocycles. The maximum absolute atomic E-state index is 12.5. The van der Waals surface area contributed by atoms with Crippen molar-refractivity contribution in [1.82, 2.24) is 10.6 Å². The van der Waals surface area contributed by atoms with E-state index in [1.54, 1.807) is 0 Å². The van der Waals surface area contributed by atoms with E-state index in [-0.39, 0.29) is 28.7 Å². The molecule has 2 aromatic carbocycles. The van der Waals surface area contributed by atoms with Gasteiger partial charge >= 0.3 is 0 Å². The van der Waals surface area contributed by atoms with Crippen molar-refractivity contribution in [2.24, 2.45) is 0 Å². The Morgan fingerprint density at radius 2 is 1.41 bits per heavy atom. The largest absolute Gasteiger partial charge is 0.355 e. The molecule has 0 saturated heterocycles. The van der Waals surface area contributed by atoms with Crippen molar-refractivity contribution in [2.45, 2.75) is 38.6 Å². The quantitative estimate of drug-likeness (QED) is 0.550. The van der Waals surface area contributed by atoms with Crippen LogP contribution in [0.1, 0.15) is 49.8 Å². The Morgan fingerprint density at radius 3 is 1.97 bits per heavy atom. The summed E-state index contributed by atoms with van der Waals surface area (Å²) in [4.78, 5) is 34.8. The van der Waals surface area contributed by atoms with Crippen LogP contribution in [0, 0.1) is 0 Å². The van der Waals surface area contributed by atoms with Gasteiger partial charge in [0.05, 0.1) is 11.8 Å². The minimum Gasteiger partial charge on any atom is -0.355 e. The summed E-state index contributed by atoms with van der Waals surface area (Å²) >= 11 is 1.01. The van der Waals surface area contributed by atoms with E-state index in [4.69, 9.17) is 0 Å². The number of unbranched alkanes of at least 4 members (excludes halogenated alkanes) is 2. The Labute approximate surface area is 176 Å². The minimum atomic E-state index is -0.164. The van der Waals surface area contributed by atoms with Crippen molar-refractivity contribution < 1.29 is 14.4 Å². The monoisotopic (exact) mass is 412 g/mol. The fraction of sp³-hybridized carbons (Fsp3) is 0.348. The lowest BCUT2D eigenvalue weighted by Crippen LogP contribution is -2.29. The highest BCUT2D eigenvalue weighted by Crippen LogP contribution is 2.22. The van der Waals surface area contributed by atoms with Crippen LogP contribution < -0.4 is 10.6 Å². The van der Waals surface area contributed by atoms with Crippen LogP contribution in [0.2, 0.25) is 0 Å². The third-order valence-corrected chi connectivity index (χ3v) is 5.19. The van der Waals surface area contributed by atoms with Crippen molar-refractivity contribution in [3.63, 3.8) is 0 Å². The summed E-state index contributed by atoms with van der Waals surface area (Å²) in [5.41, 5.74) is 2.11. The fourth-order valence-electron chi connectivity index (χ4n) is 2.92. The van der Waals surface area contributed by atoms with E-state index in [1.807, 2.05) is 60.7 Å². The lowest BCUT2D eigenvalue weighted by Gasteiger charge is -2.20. The smallest absolute Gasteiger partial charge is 0.230 e. The van der Waals surface area contributed by atoms with Gasteiger partial charge in [0, 0.05) is 19.9 Å². The molecule has 2 aromatic rings. The SMILES string of the molecule is CC(=O)SCC(=O)NCCCCCC(=O)NC(c1ccccc1)c1ccccc1. The summed E-state index contributed by atoms with van der Waals surface area (Å²) in [6.45, 7) is 2.01. The number of carbonyl (C=O) groups excluding carboxylic acids is 3. The van der Waals surface area contributed by atoms with E-state index in [0.29, 0.717) is 13.0 Å². The van der Waals surface area contributed by atoms with Crippen molar-refractivity contribution in [1.29, 1.82) is 0 Å². The number of hydrogen-bond acceptors (Lipinski definition) is 4. The first-order chi connectivity index (χ1) is 14.1. The third kappa shape index (κ3) is 8.96. The van der Waals surface area contributed by atoms with Crippen LogP contribution >= 0.6 is 11.8 Å². The topological polar surface area (TPSA) is 75.3 Å². The zero-order valence-corrected chi connectivity index (χ0v) is 17.5. The Morgan fingerprint density at radius 1 is 0.828 bits per heavy atom. The molecule has 154 valence electrons. The second-order valence-corrected chi connectivity index (χ2v) is 7.92. The van der Waals surface area contributed by atoms with Gasteiger partial charge in [-0.1, -0.05) is 78.8 Å². The van der Waals surface area contributed by atoms with Crippen LogP contribution in [-0.2, 0) is 14.4 Å². The molecule has 6 heteroatoms. The van der Waals surface area contributed by atoms with Gasteiger partial charge in [0.2, 0.25) is 11.8 Å². The molecule has 0 aliphatic heterocycles. The van der Waals surface area contributed by atoms with E-state index in [2.05, 4.69) is 10.6 Å². The van der Waals surface area contributed by atoms with Crippen molar-refractivity contribution >= 4 is 28.7 Å². The number of nitrogens with one attached hydrogen (secondary N) is 2. The molecule has 0 spiro atoms. The summed E-state index contributed by atoms with van der Waals surface area (Å²) in [5.74, 6) is 0.0547. The van der Waals surface area contributed by atoms with Crippen LogP contribution in [0.15, 0.2) is 60.7 Å². The fourth-order valence-corrected chi connectivity index (χ4v) is 3.35. The van der Waals surface area contributed by atoms with Gasteiger partial charge in [0.25, 0.3) is 0 Å². The molecule has 0 saturated carbocycles. The van der Waals surface area contributed by atoms with Gasteiger partial charge in [-0.3, -0.25) is 14.4 Å². The molecule has 29 heavy (non-hydrogen) atoms. The zero-order valence-electron chi connectivity index (χ0n) is 16.7. The lowest BCUT2D eigenvalue weighted by molar-refractivity contribution is -0.122. The van der Waals surface area contributed by atoms with Crippen LogP contribution in [0.25, 0.3) is 0 Å². The van der Waals surface area contributed by atoms with E-state index < -0.39 is 0 Å². The van der Waals surface area contributed by atoms with Crippen molar-refractivity contribution in [3.8, 4) is 0 Å². The average Bonchev–Trinajstić information content (AvgIpc) is 2.74. The van der Waals surface area contributed by atoms with Gasteiger partial charge in [-0.2, -0.15) is 0 Å². The molecule has 2 amide bonds. The molecular weight excluding hydrogens is 384 g/mol. The molecule has 0 heterocycles. The number of carbonyl (C=O) groups is 3. The maximum atomic E-state index is 12.5. The van der Waals surface area contributed by atoms with Crippen LogP contribution in [0.3, 0.4) is 0 Å². The standard InChI is InChI=1S/C23H28N2O3S/c1-18(26)29-17-22(28)24-16-10-4-9-15-21(27)25-23(19-11-5-2-6-12-19)20-13-7-3-8-14-20/h2-3,5-8,11-14,23H,4,9-10,15-17H2,1H3,(H,24,28)(H,25,27). The van der Waals surface area contributed by atoms with E-state index >= 15 is 0 Å². The molecule has 0 bridgehead atoms. The van der Waals surface area contributed by atoms with Crippen LogP contribution in [0.5, 0.6) is 0 Å². The Kier molecular flexibility index (Phi) is 10.00. The first kappa shape index (κ1) is 22.7. The first-order valence-electron chi connectivity index (χ1n) is 9.85. The second-order valence-electron chi connectivity index (χ2n) is 6.76. The predicted octanol–water partition coefficient (Wildman–Crippen LogP) is 3.85. The summed E-state index contributed by atoms with van der Waals surface area (Å²) in [6.07, 6.45) is 2.88. The highest BCUT2D eigenvalue weighted by Gasteiger charge is 2.16. The predicted molar refractivity (Wildman–Crippen MR) is 117 cm³/mol. The van der Waals surface area contributed by atoms with Gasteiger partial charge in [0.15, 0.2) is 5.12 Å². The highest BCUT2D eigenvalue weighted by molar-refractivity contribution is 8.14. The highest BCUT2D eigenvalue weighted by atomic mass is 32.2. The van der Waals surface area contributed by atoms with Gasteiger partial charge in [-0.25, -0.2) is 0 Å². The number of hydrogen-bond donors (Lipinski definition) is 2. The lowest BCUT2D eigenvalue weighted by atomic mass is 9.98. The number of rotatable bonds is 11. The minimum absolute atomic E-state index is 0.0181. The Bertz CT molecular complexity index is 742. The number of benzene rings is 2. The van der Waals surface area contributed by atoms with E-state index in [9.17, 15) is 14.4 Å². The van der Waals surface area contributed by atoms with E-state index in [0.717, 1.165) is 42.2 Å². The first-order valence-corrected chi connectivity index (χ1v) is 10.8. The molecule has 2 N–H and O–H groups in total. The van der Waals surface area contributed by atoms with Gasteiger partial charge in [0.1, 0.15) is 0 Å². The molecular formula is C23H28N2O3S. The zero-order chi connectivity index (χ0) is 20.9. The van der Waals surface area contributed by atoms with Crippen molar-refractivity contribution in [3.05, 3.63) is 71.8 Å². The summed E-state index contributed by atoms with van der Waals surface area (Å²) in [6, 6.07) is 19.7. The summed E-state index contributed by atoms with van der Waals surface area (Å²) < 4.78 is 0. The van der Waals surface area contributed by atoms with Gasteiger partial charge in [-0.05, 0) is 24.0 Å². The van der Waals surface area contributed by atoms with Crippen LogP contribution in [0.4, 0.5) is 0 Å². The number of amides is 2.